The van der Waals surface area contributed by atoms with Crippen molar-refractivity contribution in [2.45, 2.75) is 19.4 Å². The first-order valence-corrected chi connectivity index (χ1v) is 4.06. The van der Waals surface area contributed by atoms with E-state index in [1.165, 1.54) is 0 Å². The Kier molecular flexibility index (Phi) is 4.18. The molecule has 0 aliphatic heterocycles. The van der Waals surface area contributed by atoms with Crippen molar-refractivity contribution in [3.05, 3.63) is 42.0 Å². The van der Waals surface area contributed by atoms with Gasteiger partial charge in [0, 0.05) is 5.54 Å². The summed E-state index contributed by atoms with van der Waals surface area (Å²) in [6, 6.07) is 8.05. The lowest BCUT2D eigenvalue weighted by Gasteiger charge is -2.21. The Bertz CT molecular complexity index is 286. The van der Waals surface area contributed by atoms with Crippen LogP contribution in [0.2, 0.25) is 0 Å². The molecule has 0 aromatic heterocycles. The highest BCUT2D eigenvalue weighted by molar-refractivity contribution is 5.85. The van der Waals surface area contributed by atoms with Crippen LogP contribution in [0.4, 0.5) is 0 Å². The molecular formula is C11H16ClN. The fraction of sp³-hybridized carbons (Fsp3) is 0.273. The van der Waals surface area contributed by atoms with Crippen LogP contribution in [-0.4, -0.2) is 0 Å². The molecule has 0 saturated heterocycles. The molecule has 0 spiro atoms. The molecule has 13 heavy (non-hydrogen) atoms. The molecule has 1 aromatic rings. The van der Waals surface area contributed by atoms with Gasteiger partial charge in [-0.3, -0.25) is 0 Å². The van der Waals surface area contributed by atoms with Crippen molar-refractivity contribution in [3.8, 4) is 0 Å². The van der Waals surface area contributed by atoms with Gasteiger partial charge in [-0.15, -0.1) is 12.4 Å². The smallest absolute Gasteiger partial charge is 0.0358 e. The molecule has 0 radical (unpaired) electrons. The maximum atomic E-state index is 5.99. The first kappa shape index (κ1) is 12.2. The van der Waals surface area contributed by atoms with Gasteiger partial charge in [0.05, 0.1) is 0 Å². The SMILES string of the molecule is C=Cc1ccccc1C(C)(C)N.Cl. The fourth-order valence-corrected chi connectivity index (χ4v) is 1.26. The van der Waals surface area contributed by atoms with Crippen molar-refractivity contribution < 1.29 is 0 Å². The molecule has 0 unspecified atom stereocenters. The van der Waals surface area contributed by atoms with Crippen LogP contribution >= 0.6 is 12.4 Å². The van der Waals surface area contributed by atoms with E-state index in [-0.39, 0.29) is 17.9 Å². The highest BCUT2D eigenvalue weighted by Crippen LogP contribution is 2.21. The van der Waals surface area contributed by atoms with Gasteiger partial charge in [-0.05, 0) is 25.0 Å². The second-order valence-corrected chi connectivity index (χ2v) is 3.51. The summed E-state index contributed by atoms with van der Waals surface area (Å²) in [6.07, 6.45) is 1.84. The molecule has 0 atom stereocenters. The maximum absolute atomic E-state index is 5.99. The molecule has 0 aliphatic rings. The third-order valence-electron chi connectivity index (χ3n) is 1.87. The summed E-state index contributed by atoms with van der Waals surface area (Å²) in [5.74, 6) is 0. The average molecular weight is 198 g/mol. The highest BCUT2D eigenvalue weighted by atomic mass is 35.5. The number of hydrogen-bond acceptors (Lipinski definition) is 1. The van der Waals surface area contributed by atoms with Gasteiger partial charge < -0.3 is 5.73 Å². The predicted octanol–water partition coefficient (Wildman–Crippen LogP) is 2.95. The summed E-state index contributed by atoms with van der Waals surface area (Å²) >= 11 is 0. The topological polar surface area (TPSA) is 26.0 Å². The normalized spacial score (nSPS) is 10.4. The van der Waals surface area contributed by atoms with Crippen LogP contribution in [0.25, 0.3) is 6.08 Å². The van der Waals surface area contributed by atoms with Crippen LogP contribution in [-0.2, 0) is 5.54 Å². The number of halogens is 1. The van der Waals surface area contributed by atoms with Crippen LogP contribution in [0.1, 0.15) is 25.0 Å². The standard InChI is InChI=1S/C11H15N.ClH/c1-4-9-7-5-6-8-10(9)11(2,3)12;/h4-8H,1,12H2,2-3H3;1H. The van der Waals surface area contributed by atoms with Crippen molar-refractivity contribution >= 4 is 18.5 Å². The number of hydrogen-bond donors (Lipinski definition) is 1. The minimum atomic E-state index is -0.287. The minimum Gasteiger partial charge on any atom is -0.322 e. The Morgan fingerprint density at radius 2 is 1.85 bits per heavy atom. The molecule has 0 heterocycles. The molecule has 0 amide bonds. The number of benzene rings is 1. The fourth-order valence-electron chi connectivity index (χ4n) is 1.26. The van der Waals surface area contributed by atoms with E-state index in [0.717, 1.165) is 11.1 Å². The quantitative estimate of drug-likeness (QED) is 0.775. The summed E-state index contributed by atoms with van der Waals surface area (Å²) in [7, 11) is 0. The zero-order valence-corrected chi connectivity index (χ0v) is 8.90. The van der Waals surface area contributed by atoms with E-state index in [2.05, 4.69) is 6.58 Å². The van der Waals surface area contributed by atoms with Crippen LogP contribution in [0.5, 0.6) is 0 Å². The molecule has 2 heteroatoms. The van der Waals surface area contributed by atoms with Crippen molar-refractivity contribution in [1.29, 1.82) is 0 Å². The summed E-state index contributed by atoms with van der Waals surface area (Å²) in [5.41, 5.74) is 7.95. The van der Waals surface area contributed by atoms with Crippen LogP contribution < -0.4 is 5.73 Å². The van der Waals surface area contributed by atoms with E-state index in [4.69, 9.17) is 5.73 Å². The molecule has 1 rings (SSSR count). The first-order chi connectivity index (χ1) is 5.55. The summed E-state index contributed by atoms with van der Waals surface area (Å²) < 4.78 is 0. The van der Waals surface area contributed by atoms with Crippen LogP contribution in [0, 0.1) is 0 Å². The Hall–Kier alpha value is -0.790. The Morgan fingerprint density at radius 3 is 2.23 bits per heavy atom. The second-order valence-electron chi connectivity index (χ2n) is 3.51. The Morgan fingerprint density at radius 1 is 1.31 bits per heavy atom. The maximum Gasteiger partial charge on any atom is 0.0358 e. The van der Waals surface area contributed by atoms with Crippen molar-refractivity contribution in [3.63, 3.8) is 0 Å². The molecule has 1 nitrogen and oxygen atoms in total. The lowest BCUT2D eigenvalue weighted by Crippen LogP contribution is -2.29. The van der Waals surface area contributed by atoms with Gasteiger partial charge in [0.25, 0.3) is 0 Å². The average Bonchev–Trinajstić information content (AvgIpc) is 2.03. The summed E-state index contributed by atoms with van der Waals surface area (Å²) in [4.78, 5) is 0. The van der Waals surface area contributed by atoms with Gasteiger partial charge >= 0.3 is 0 Å². The highest BCUT2D eigenvalue weighted by Gasteiger charge is 2.15. The third-order valence-corrected chi connectivity index (χ3v) is 1.87. The molecular weight excluding hydrogens is 182 g/mol. The van der Waals surface area contributed by atoms with Crippen molar-refractivity contribution in [2.24, 2.45) is 5.73 Å². The Balaban J connectivity index is 0.00000144. The van der Waals surface area contributed by atoms with Gasteiger partial charge in [-0.25, -0.2) is 0 Å². The molecule has 0 aliphatic carbocycles. The molecule has 0 saturated carbocycles. The Labute approximate surface area is 86.1 Å². The van der Waals surface area contributed by atoms with Gasteiger partial charge in [-0.1, -0.05) is 36.9 Å². The van der Waals surface area contributed by atoms with E-state index in [1.54, 1.807) is 0 Å². The van der Waals surface area contributed by atoms with Crippen molar-refractivity contribution in [2.75, 3.05) is 0 Å². The van der Waals surface area contributed by atoms with E-state index in [0.29, 0.717) is 0 Å². The molecule has 0 fully saturated rings. The van der Waals surface area contributed by atoms with E-state index < -0.39 is 0 Å². The van der Waals surface area contributed by atoms with Gasteiger partial charge in [0.2, 0.25) is 0 Å². The minimum absolute atomic E-state index is 0. The molecule has 72 valence electrons. The van der Waals surface area contributed by atoms with Crippen LogP contribution in [0.15, 0.2) is 30.8 Å². The zero-order valence-electron chi connectivity index (χ0n) is 8.08. The van der Waals surface area contributed by atoms with Gasteiger partial charge in [0.1, 0.15) is 0 Å². The lowest BCUT2D eigenvalue weighted by atomic mass is 9.91. The lowest BCUT2D eigenvalue weighted by molar-refractivity contribution is 0.553. The molecule has 2 N–H and O–H groups in total. The molecule has 0 bridgehead atoms. The van der Waals surface area contributed by atoms with Gasteiger partial charge in [0.15, 0.2) is 0 Å². The second kappa shape index (κ2) is 4.45. The predicted molar refractivity (Wildman–Crippen MR) is 61.0 cm³/mol. The van der Waals surface area contributed by atoms with Crippen LogP contribution in [0.3, 0.4) is 0 Å². The largest absolute Gasteiger partial charge is 0.322 e. The van der Waals surface area contributed by atoms with Gasteiger partial charge in [-0.2, -0.15) is 0 Å². The van der Waals surface area contributed by atoms with E-state index in [1.807, 2.05) is 44.2 Å². The number of rotatable bonds is 2. The zero-order chi connectivity index (χ0) is 9.19. The third kappa shape index (κ3) is 2.87. The molecule has 1 aromatic carbocycles. The first-order valence-electron chi connectivity index (χ1n) is 4.06. The van der Waals surface area contributed by atoms with E-state index >= 15 is 0 Å². The van der Waals surface area contributed by atoms with Crippen molar-refractivity contribution in [1.82, 2.24) is 0 Å². The summed E-state index contributed by atoms with van der Waals surface area (Å²) in [6.45, 7) is 7.74. The number of nitrogens with two attached hydrogens (primary N) is 1. The summed E-state index contributed by atoms with van der Waals surface area (Å²) in [5, 5.41) is 0. The van der Waals surface area contributed by atoms with E-state index in [9.17, 15) is 0 Å². The monoisotopic (exact) mass is 197 g/mol.